The van der Waals surface area contributed by atoms with Gasteiger partial charge in [0.25, 0.3) is 0 Å². The van der Waals surface area contributed by atoms with Crippen LogP contribution in [0.5, 0.6) is 0 Å². The maximum Gasteiger partial charge on any atom is 0.305 e. The summed E-state index contributed by atoms with van der Waals surface area (Å²) in [6.45, 7) is 11.4. The third kappa shape index (κ3) is 7.81. The normalized spacial score (nSPS) is 16.5. The number of hydrogen-bond donors (Lipinski definition) is 0. The van der Waals surface area contributed by atoms with Gasteiger partial charge in [-0.3, -0.25) is 9.59 Å². The molecule has 0 radical (unpaired) electrons. The van der Waals surface area contributed by atoms with Crippen LogP contribution < -0.4 is 0 Å². The molecule has 0 aliphatic rings. The van der Waals surface area contributed by atoms with E-state index in [9.17, 15) is 9.59 Å². The molecule has 22 heavy (non-hydrogen) atoms. The summed E-state index contributed by atoms with van der Waals surface area (Å²) >= 11 is 0. The molecule has 0 aromatic carbocycles. The fourth-order valence-electron chi connectivity index (χ4n) is 2.61. The molecule has 0 heterocycles. The van der Waals surface area contributed by atoms with Crippen LogP contribution >= 0.6 is 0 Å². The van der Waals surface area contributed by atoms with Gasteiger partial charge in [0, 0.05) is 25.9 Å². The molecule has 0 aromatic heterocycles. The Bertz CT molecular complexity index is 343. The average molecular weight is 313 g/mol. The smallest absolute Gasteiger partial charge is 0.305 e. The van der Waals surface area contributed by atoms with Crippen molar-refractivity contribution >= 4 is 11.9 Å². The lowest BCUT2D eigenvalue weighted by Gasteiger charge is -2.25. The van der Waals surface area contributed by atoms with Gasteiger partial charge in [0.1, 0.15) is 0 Å². The van der Waals surface area contributed by atoms with E-state index in [2.05, 4.69) is 20.8 Å². The van der Waals surface area contributed by atoms with Crippen LogP contribution in [0.15, 0.2) is 0 Å². The van der Waals surface area contributed by atoms with E-state index in [4.69, 9.17) is 4.74 Å². The lowest BCUT2D eigenvalue weighted by Crippen LogP contribution is -2.33. The molecule has 130 valence electrons. The highest BCUT2D eigenvalue weighted by Crippen LogP contribution is 2.24. The van der Waals surface area contributed by atoms with Gasteiger partial charge in [-0.1, -0.05) is 34.6 Å². The summed E-state index contributed by atoms with van der Waals surface area (Å²) in [6, 6.07) is 0. The van der Waals surface area contributed by atoms with Gasteiger partial charge >= 0.3 is 5.97 Å². The summed E-state index contributed by atoms with van der Waals surface area (Å²) in [7, 11) is 3.33. The van der Waals surface area contributed by atoms with Gasteiger partial charge in [0.15, 0.2) is 0 Å². The Labute approximate surface area is 136 Å². The molecule has 0 fully saturated rings. The predicted molar refractivity (Wildman–Crippen MR) is 90.5 cm³/mol. The molecule has 0 aliphatic carbocycles. The zero-order valence-corrected chi connectivity index (χ0v) is 15.5. The van der Waals surface area contributed by atoms with Crippen LogP contribution in [0.4, 0.5) is 0 Å². The third-order valence-electron chi connectivity index (χ3n) is 4.83. The number of carbonyl (C=O) groups is 2. The first kappa shape index (κ1) is 20.9. The third-order valence-corrected chi connectivity index (χ3v) is 4.83. The van der Waals surface area contributed by atoms with Gasteiger partial charge in [0.05, 0.1) is 7.11 Å². The molecule has 0 saturated heterocycles. The Hall–Kier alpha value is -1.06. The second-order valence-electron chi connectivity index (χ2n) is 6.93. The molecule has 0 aliphatic heterocycles. The van der Waals surface area contributed by atoms with Gasteiger partial charge < -0.3 is 9.64 Å². The molecule has 4 atom stereocenters. The van der Waals surface area contributed by atoms with E-state index < -0.39 is 0 Å². The van der Waals surface area contributed by atoms with Crippen molar-refractivity contribution in [2.45, 2.75) is 60.3 Å². The Morgan fingerprint density at radius 3 is 2.18 bits per heavy atom. The van der Waals surface area contributed by atoms with Crippen molar-refractivity contribution in [1.82, 2.24) is 4.90 Å². The number of esters is 1. The Balaban J connectivity index is 4.14. The Morgan fingerprint density at radius 2 is 1.68 bits per heavy atom. The lowest BCUT2D eigenvalue weighted by atomic mass is 9.84. The van der Waals surface area contributed by atoms with Gasteiger partial charge in [0.2, 0.25) is 5.91 Å². The highest BCUT2D eigenvalue weighted by atomic mass is 16.5. The highest BCUT2D eigenvalue weighted by Gasteiger charge is 2.20. The molecule has 0 spiro atoms. The lowest BCUT2D eigenvalue weighted by molar-refractivity contribution is -0.142. The number of nitrogens with zero attached hydrogens (tertiary/aromatic N) is 1. The first-order valence-corrected chi connectivity index (χ1v) is 8.54. The first-order chi connectivity index (χ1) is 10.2. The standard InChI is InChI=1S/C18H35NO3/c1-8-14(3)18(21)19(6)10-9-13(2)11-15(4)16(5)12-17(20)22-7/h13-16H,8-12H2,1-7H3/t13-,14-,15+,16+/m1/s1. The summed E-state index contributed by atoms with van der Waals surface area (Å²) < 4.78 is 4.73. The average Bonchev–Trinajstić information content (AvgIpc) is 2.50. The molecule has 0 unspecified atom stereocenters. The molecule has 0 N–H and O–H groups in total. The minimum atomic E-state index is -0.133. The molecule has 4 heteroatoms. The van der Waals surface area contributed by atoms with Crippen LogP contribution in [0.25, 0.3) is 0 Å². The van der Waals surface area contributed by atoms with Crippen LogP contribution in [0.1, 0.15) is 60.3 Å². The molecule has 1 amide bonds. The van der Waals surface area contributed by atoms with Crippen molar-refractivity contribution in [3.8, 4) is 0 Å². The molecule has 0 bridgehead atoms. The van der Waals surface area contributed by atoms with Crippen molar-refractivity contribution in [2.24, 2.45) is 23.7 Å². The molecular weight excluding hydrogens is 278 g/mol. The zero-order valence-electron chi connectivity index (χ0n) is 15.5. The van der Waals surface area contributed by atoms with E-state index in [-0.39, 0.29) is 17.8 Å². The maximum atomic E-state index is 12.0. The van der Waals surface area contributed by atoms with E-state index >= 15 is 0 Å². The van der Waals surface area contributed by atoms with Crippen LogP contribution in [0.3, 0.4) is 0 Å². The van der Waals surface area contributed by atoms with E-state index in [0.29, 0.717) is 24.2 Å². The molecule has 0 aromatic rings. The quantitative estimate of drug-likeness (QED) is 0.577. The second kappa shape index (κ2) is 10.6. The van der Waals surface area contributed by atoms with Crippen LogP contribution in [0, 0.1) is 23.7 Å². The number of rotatable bonds is 10. The van der Waals surface area contributed by atoms with Crippen LogP contribution in [-0.2, 0) is 14.3 Å². The minimum Gasteiger partial charge on any atom is -0.469 e. The minimum absolute atomic E-state index is 0.110. The summed E-state index contributed by atoms with van der Waals surface area (Å²) in [5, 5.41) is 0. The van der Waals surface area contributed by atoms with Gasteiger partial charge in [-0.15, -0.1) is 0 Å². The topological polar surface area (TPSA) is 46.6 Å². The summed E-state index contributed by atoms with van der Waals surface area (Å²) in [5.41, 5.74) is 0. The van der Waals surface area contributed by atoms with Gasteiger partial charge in [-0.2, -0.15) is 0 Å². The van der Waals surface area contributed by atoms with E-state index in [1.165, 1.54) is 7.11 Å². The predicted octanol–water partition coefficient (Wildman–Crippen LogP) is 3.74. The van der Waals surface area contributed by atoms with Crippen molar-refractivity contribution in [2.75, 3.05) is 20.7 Å². The Morgan fingerprint density at radius 1 is 1.09 bits per heavy atom. The number of amides is 1. The second-order valence-corrected chi connectivity index (χ2v) is 6.93. The molecular formula is C18H35NO3. The highest BCUT2D eigenvalue weighted by molar-refractivity contribution is 5.78. The number of carbonyl (C=O) groups excluding carboxylic acids is 2. The SMILES string of the molecule is CC[C@@H](C)C(=O)N(C)CC[C@@H](C)C[C@H](C)[C@@H](C)CC(=O)OC. The molecule has 0 rings (SSSR count). The molecule has 0 saturated carbocycles. The van der Waals surface area contributed by atoms with Crippen molar-refractivity contribution in [1.29, 1.82) is 0 Å². The monoisotopic (exact) mass is 313 g/mol. The van der Waals surface area contributed by atoms with E-state index in [1.807, 2.05) is 25.8 Å². The van der Waals surface area contributed by atoms with E-state index in [0.717, 1.165) is 25.8 Å². The molecule has 4 nitrogen and oxygen atoms in total. The summed E-state index contributed by atoms with van der Waals surface area (Å²) in [6.07, 6.45) is 3.45. The van der Waals surface area contributed by atoms with Crippen molar-refractivity contribution in [3.63, 3.8) is 0 Å². The van der Waals surface area contributed by atoms with Gasteiger partial charge in [-0.05, 0) is 37.0 Å². The largest absolute Gasteiger partial charge is 0.469 e. The van der Waals surface area contributed by atoms with E-state index in [1.54, 1.807) is 0 Å². The van der Waals surface area contributed by atoms with Gasteiger partial charge in [-0.25, -0.2) is 0 Å². The maximum absolute atomic E-state index is 12.0. The summed E-state index contributed by atoms with van der Waals surface area (Å²) in [4.78, 5) is 25.2. The van der Waals surface area contributed by atoms with Crippen molar-refractivity contribution < 1.29 is 14.3 Å². The zero-order chi connectivity index (χ0) is 17.3. The van der Waals surface area contributed by atoms with Crippen LogP contribution in [0.2, 0.25) is 0 Å². The Kier molecular flexibility index (Phi) is 10.1. The number of hydrogen-bond acceptors (Lipinski definition) is 3. The fraction of sp³-hybridized carbons (Fsp3) is 0.889. The number of ether oxygens (including phenoxy) is 1. The number of methoxy groups -OCH3 is 1. The van der Waals surface area contributed by atoms with Crippen molar-refractivity contribution in [3.05, 3.63) is 0 Å². The fourth-order valence-corrected chi connectivity index (χ4v) is 2.61. The first-order valence-electron chi connectivity index (χ1n) is 8.54. The van der Waals surface area contributed by atoms with Crippen LogP contribution in [-0.4, -0.2) is 37.5 Å². The summed E-state index contributed by atoms with van der Waals surface area (Å²) in [5.74, 6) is 1.56.